The maximum absolute atomic E-state index is 13.3. The van der Waals surface area contributed by atoms with E-state index in [4.69, 9.17) is 0 Å². The average molecular weight is 343 g/mol. The van der Waals surface area contributed by atoms with Crippen LogP contribution in [0, 0.1) is 11.6 Å². The number of likely N-dealkylation sites (tertiary alicyclic amines) is 1. The van der Waals surface area contributed by atoms with Crippen LogP contribution in [-0.4, -0.2) is 45.2 Å². The van der Waals surface area contributed by atoms with Crippen LogP contribution in [0.3, 0.4) is 0 Å². The Morgan fingerprint density at radius 1 is 1.16 bits per heavy atom. The number of nitrogens with zero attached hydrogens (tertiary/aromatic N) is 4. The van der Waals surface area contributed by atoms with Gasteiger partial charge < -0.3 is 10.2 Å². The minimum Gasteiger partial charge on any atom is -0.365 e. The fourth-order valence-electron chi connectivity index (χ4n) is 3.24. The summed E-state index contributed by atoms with van der Waals surface area (Å²) in [6.45, 7) is 2.72. The minimum atomic E-state index is -0.795. The number of benzene rings is 1. The summed E-state index contributed by atoms with van der Waals surface area (Å²) < 4.78 is 28.0. The molecule has 1 fully saturated rings. The molecule has 1 aromatic carbocycles. The van der Waals surface area contributed by atoms with Gasteiger partial charge in [-0.25, -0.2) is 18.3 Å². The van der Waals surface area contributed by atoms with E-state index in [2.05, 4.69) is 20.3 Å². The van der Waals surface area contributed by atoms with Crippen molar-refractivity contribution < 1.29 is 8.78 Å². The van der Waals surface area contributed by atoms with E-state index in [9.17, 15) is 8.78 Å². The minimum absolute atomic E-state index is 0.332. The van der Waals surface area contributed by atoms with E-state index < -0.39 is 11.6 Å². The molecule has 3 heterocycles. The van der Waals surface area contributed by atoms with Crippen LogP contribution in [0.2, 0.25) is 0 Å². The molecule has 0 bridgehead atoms. The van der Waals surface area contributed by atoms with Crippen LogP contribution in [0.25, 0.3) is 5.65 Å². The number of hydrogen-bond acceptors (Lipinski definition) is 4. The zero-order chi connectivity index (χ0) is 17.2. The first-order chi connectivity index (χ1) is 12.2. The quantitative estimate of drug-likeness (QED) is 0.774. The van der Waals surface area contributed by atoms with E-state index in [0.29, 0.717) is 12.5 Å². The van der Waals surface area contributed by atoms with Crippen molar-refractivity contribution in [1.82, 2.24) is 19.5 Å². The molecule has 5 nitrogen and oxygen atoms in total. The second kappa shape index (κ2) is 6.76. The predicted octanol–water partition coefficient (Wildman–Crippen LogP) is 2.74. The monoisotopic (exact) mass is 343 g/mol. The van der Waals surface area contributed by atoms with Gasteiger partial charge in [-0.3, -0.25) is 0 Å². The molecule has 4 rings (SSSR count). The van der Waals surface area contributed by atoms with Crippen LogP contribution in [0.15, 0.2) is 42.7 Å². The number of fused-ring (bicyclic) bond motifs is 1. The van der Waals surface area contributed by atoms with Crippen molar-refractivity contribution in [2.45, 2.75) is 18.9 Å². The Morgan fingerprint density at radius 2 is 2.08 bits per heavy atom. The van der Waals surface area contributed by atoms with E-state index in [0.717, 1.165) is 43.1 Å². The highest BCUT2D eigenvalue weighted by Crippen LogP contribution is 2.16. The first-order valence-electron chi connectivity index (χ1n) is 8.40. The number of nitrogens with one attached hydrogen (secondary N) is 1. The predicted molar refractivity (Wildman–Crippen MR) is 91.5 cm³/mol. The van der Waals surface area contributed by atoms with E-state index in [1.807, 2.05) is 18.3 Å². The fourth-order valence-corrected chi connectivity index (χ4v) is 3.24. The number of hydrogen-bond donors (Lipinski definition) is 1. The summed E-state index contributed by atoms with van der Waals surface area (Å²) in [5.41, 5.74) is 1.65. The molecule has 3 aromatic rings. The molecule has 7 heteroatoms. The maximum Gasteiger partial charge on any atom is 0.159 e. The molecular formula is C18H19F2N5. The van der Waals surface area contributed by atoms with Crippen molar-refractivity contribution in [3.63, 3.8) is 0 Å². The summed E-state index contributed by atoms with van der Waals surface area (Å²) in [5.74, 6) is -0.742. The Morgan fingerprint density at radius 3 is 2.96 bits per heavy atom. The molecule has 1 N–H and O–H groups in total. The van der Waals surface area contributed by atoms with Gasteiger partial charge in [-0.15, -0.1) is 5.10 Å². The Bertz CT molecular complexity index is 879. The number of halogens is 2. The third-order valence-corrected chi connectivity index (χ3v) is 4.58. The van der Waals surface area contributed by atoms with Crippen molar-refractivity contribution in [2.75, 3.05) is 25.0 Å². The number of rotatable bonds is 5. The summed E-state index contributed by atoms with van der Waals surface area (Å²) in [4.78, 5) is 6.51. The second-order valence-corrected chi connectivity index (χ2v) is 6.38. The third kappa shape index (κ3) is 3.61. The molecule has 1 unspecified atom stereocenters. The molecule has 2 aromatic heterocycles. The van der Waals surface area contributed by atoms with Crippen molar-refractivity contribution in [2.24, 2.45) is 0 Å². The molecule has 1 aliphatic heterocycles. The molecule has 1 aliphatic rings. The Hall–Kier alpha value is -2.54. The summed E-state index contributed by atoms with van der Waals surface area (Å²) in [6.07, 6.45) is 5.29. The van der Waals surface area contributed by atoms with Crippen molar-refractivity contribution >= 4 is 11.5 Å². The molecule has 0 spiro atoms. The number of aromatic nitrogens is 3. The molecule has 0 saturated carbocycles. The molecule has 0 aliphatic carbocycles. The molecule has 0 amide bonds. The lowest BCUT2D eigenvalue weighted by atomic mass is 10.1. The topological polar surface area (TPSA) is 45.5 Å². The normalized spacial score (nSPS) is 18.1. The lowest BCUT2D eigenvalue weighted by molar-refractivity contribution is 0.340. The Balaban J connectivity index is 1.31. The van der Waals surface area contributed by atoms with Crippen LogP contribution in [-0.2, 0) is 6.42 Å². The van der Waals surface area contributed by atoms with E-state index in [1.54, 1.807) is 16.8 Å². The first-order valence-corrected chi connectivity index (χ1v) is 8.40. The second-order valence-electron chi connectivity index (χ2n) is 6.38. The maximum atomic E-state index is 13.3. The van der Waals surface area contributed by atoms with Crippen LogP contribution >= 0.6 is 0 Å². The molecule has 25 heavy (non-hydrogen) atoms. The summed E-state index contributed by atoms with van der Waals surface area (Å²) in [5, 5.41) is 7.94. The van der Waals surface area contributed by atoms with Gasteiger partial charge in [-0.05, 0) is 42.7 Å². The summed E-state index contributed by atoms with van der Waals surface area (Å²) in [7, 11) is 0. The largest absolute Gasteiger partial charge is 0.365 e. The molecular weight excluding hydrogens is 324 g/mol. The highest BCUT2D eigenvalue weighted by atomic mass is 19.2. The standard InChI is InChI=1S/C18H19F2N5/c19-15-2-1-13(11-16(15)20)5-8-24-9-6-14(12-24)22-17-3-4-18-21-7-10-25(18)23-17/h1-4,7,10-11,14H,5-6,8-9,12H2,(H,22,23). The van der Waals surface area contributed by atoms with Crippen LogP contribution < -0.4 is 5.32 Å². The van der Waals surface area contributed by atoms with Crippen LogP contribution in [0.5, 0.6) is 0 Å². The van der Waals surface area contributed by atoms with Gasteiger partial charge in [0.2, 0.25) is 0 Å². The molecule has 1 saturated heterocycles. The van der Waals surface area contributed by atoms with Crippen molar-refractivity contribution in [1.29, 1.82) is 0 Å². The highest BCUT2D eigenvalue weighted by molar-refractivity contribution is 5.44. The van der Waals surface area contributed by atoms with E-state index in [1.165, 1.54) is 12.1 Å². The zero-order valence-electron chi connectivity index (χ0n) is 13.7. The fraction of sp³-hybridized carbons (Fsp3) is 0.333. The van der Waals surface area contributed by atoms with Crippen LogP contribution in [0.4, 0.5) is 14.6 Å². The molecule has 130 valence electrons. The lowest BCUT2D eigenvalue weighted by Crippen LogP contribution is -2.28. The Kier molecular flexibility index (Phi) is 4.31. The van der Waals surface area contributed by atoms with Gasteiger partial charge in [0.25, 0.3) is 0 Å². The number of imidazole rings is 1. The van der Waals surface area contributed by atoms with Crippen molar-refractivity contribution in [3.8, 4) is 0 Å². The van der Waals surface area contributed by atoms with Gasteiger partial charge in [0.1, 0.15) is 5.82 Å². The SMILES string of the molecule is Fc1ccc(CCN2CCC(Nc3ccc4nccn4n3)C2)cc1F. The van der Waals surface area contributed by atoms with Gasteiger partial charge in [0, 0.05) is 38.1 Å². The van der Waals surface area contributed by atoms with Crippen LogP contribution in [0.1, 0.15) is 12.0 Å². The van der Waals surface area contributed by atoms with Gasteiger partial charge in [0.05, 0.1) is 0 Å². The Labute approximate surface area is 144 Å². The average Bonchev–Trinajstić information content (AvgIpc) is 3.25. The zero-order valence-corrected chi connectivity index (χ0v) is 13.7. The van der Waals surface area contributed by atoms with Gasteiger partial charge in [-0.1, -0.05) is 6.07 Å². The van der Waals surface area contributed by atoms with Gasteiger partial charge in [0.15, 0.2) is 17.3 Å². The first kappa shape index (κ1) is 16.0. The highest BCUT2D eigenvalue weighted by Gasteiger charge is 2.22. The van der Waals surface area contributed by atoms with Gasteiger partial charge >= 0.3 is 0 Å². The lowest BCUT2D eigenvalue weighted by Gasteiger charge is -2.17. The van der Waals surface area contributed by atoms with E-state index in [-0.39, 0.29) is 0 Å². The molecule has 1 atom stereocenters. The number of anilines is 1. The van der Waals surface area contributed by atoms with E-state index >= 15 is 0 Å². The van der Waals surface area contributed by atoms with Crippen molar-refractivity contribution in [3.05, 3.63) is 59.9 Å². The molecule has 0 radical (unpaired) electrons. The smallest absolute Gasteiger partial charge is 0.159 e. The van der Waals surface area contributed by atoms with Gasteiger partial charge in [-0.2, -0.15) is 0 Å². The third-order valence-electron chi connectivity index (χ3n) is 4.58. The summed E-state index contributed by atoms with van der Waals surface area (Å²) >= 11 is 0. The summed E-state index contributed by atoms with van der Waals surface area (Å²) in [6, 6.07) is 8.33.